The van der Waals surface area contributed by atoms with Gasteiger partial charge in [0.1, 0.15) is 10.4 Å². The van der Waals surface area contributed by atoms with Gasteiger partial charge in [-0.25, -0.2) is 4.79 Å². The van der Waals surface area contributed by atoms with E-state index in [0.29, 0.717) is 23.4 Å². The minimum absolute atomic E-state index is 0.300. The number of aliphatic carboxylic acids is 1. The molecule has 0 radical (unpaired) electrons. The van der Waals surface area contributed by atoms with Crippen LogP contribution in [-0.2, 0) is 10.2 Å². The Balaban J connectivity index is 2.25. The summed E-state index contributed by atoms with van der Waals surface area (Å²) in [6.45, 7) is 5.84. The minimum Gasteiger partial charge on any atom is -0.480 e. The first-order valence-electron chi connectivity index (χ1n) is 6.65. The summed E-state index contributed by atoms with van der Waals surface area (Å²) in [4.78, 5) is 24.3. The van der Waals surface area contributed by atoms with Crippen molar-refractivity contribution >= 4 is 23.4 Å². The molecule has 1 aliphatic carbocycles. The van der Waals surface area contributed by atoms with Crippen LogP contribution in [0.1, 0.15) is 61.8 Å². The van der Waals surface area contributed by atoms with Gasteiger partial charge in [0, 0.05) is 5.41 Å². The second kappa shape index (κ2) is 5.12. The maximum atomic E-state index is 12.4. The Labute approximate surface area is 121 Å². The molecule has 1 aliphatic rings. The quantitative estimate of drug-likeness (QED) is 0.889. The highest BCUT2D eigenvalue weighted by atomic mass is 32.1. The molecule has 1 heterocycles. The Morgan fingerprint density at radius 3 is 2.40 bits per heavy atom. The van der Waals surface area contributed by atoms with Crippen LogP contribution in [0.15, 0.2) is 0 Å². The molecule has 1 aromatic rings. The molecule has 6 nitrogen and oxygen atoms in total. The highest BCUT2D eigenvalue weighted by Gasteiger charge is 2.43. The number of carboxylic acids is 1. The molecule has 110 valence electrons. The third kappa shape index (κ3) is 2.67. The largest absolute Gasteiger partial charge is 0.480 e. The smallest absolute Gasteiger partial charge is 0.329 e. The first-order valence-corrected chi connectivity index (χ1v) is 7.42. The first-order chi connectivity index (χ1) is 9.26. The Morgan fingerprint density at radius 1 is 1.30 bits per heavy atom. The Hall–Kier alpha value is -1.50. The molecule has 1 saturated carbocycles. The van der Waals surface area contributed by atoms with Gasteiger partial charge in [-0.2, -0.15) is 0 Å². The third-order valence-corrected chi connectivity index (χ3v) is 4.35. The standard InChI is InChI=1S/C13H19N3O3S/c1-12(2,3)9-8(20-16-15-9)10(17)14-13(11(18)19)6-4-5-7-13/h4-7H2,1-3H3,(H,14,17)(H,18,19). The number of hydrogen-bond acceptors (Lipinski definition) is 5. The highest BCUT2D eigenvalue weighted by molar-refractivity contribution is 7.08. The van der Waals surface area contributed by atoms with Crippen molar-refractivity contribution in [3.8, 4) is 0 Å². The van der Waals surface area contributed by atoms with Gasteiger partial charge in [-0.1, -0.05) is 38.1 Å². The number of carbonyl (C=O) groups excluding carboxylic acids is 1. The number of hydrogen-bond donors (Lipinski definition) is 2. The fraction of sp³-hybridized carbons (Fsp3) is 0.692. The van der Waals surface area contributed by atoms with E-state index in [2.05, 4.69) is 14.9 Å². The van der Waals surface area contributed by atoms with Crippen molar-refractivity contribution < 1.29 is 14.7 Å². The molecule has 0 bridgehead atoms. The molecule has 1 fully saturated rings. The fourth-order valence-electron chi connectivity index (χ4n) is 2.48. The monoisotopic (exact) mass is 297 g/mol. The van der Waals surface area contributed by atoms with Gasteiger partial charge in [-0.3, -0.25) is 4.79 Å². The Kier molecular flexibility index (Phi) is 3.82. The van der Waals surface area contributed by atoms with E-state index in [9.17, 15) is 14.7 Å². The number of nitrogens with zero attached hydrogens (tertiary/aromatic N) is 2. The van der Waals surface area contributed by atoms with Crippen molar-refractivity contribution in [2.75, 3.05) is 0 Å². The molecule has 0 aromatic carbocycles. The van der Waals surface area contributed by atoms with Gasteiger partial charge < -0.3 is 10.4 Å². The fourth-order valence-corrected chi connectivity index (χ4v) is 3.25. The van der Waals surface area contributed by atoms with Crippen LogP contribution >= 0.6 is 11.5 Å². The number of rotatable bonds is 3. The van der Waals surface area contributed by atoms with E-state index in [1.165, 1.54) is 0 Å². The van der Waals surface area contributed by atoms with Crippen LogP contribution in [0, 0.1) is 0 Å². The molecule has 7 heteroatoms. The van der Waals surface area contributed by atoms with Crippen LogP contribution in [0.2, 0.25) is 0 Å². The summed E-state index contributed by atoms with van der Waals surface area (Å²) >= 11 is 1.01. The van der Waals surface area contributed by atoms with E-state index in [4.69, 9.17) is 0 Å². The van der Waals surface area contributed by atoms with Gasteiger partial charge in [0.15, 0.2) is 0 Å². The van der Waals surface area contributed by atoms with Crippen LogP contribution in [0.5, 0.6) is 0 Å². The summed E-state index contributed by atoms with van der Waals surface area (Å²) in [6.07, 6.45) is 2.59. The lowest BCUT2D eigenvalue weighted by molar-refractivity contribution is -0.144. The number of carboxylic acid groups (broad SMARTS) is 1. The number of nitrogens with one attached hydrogen (secondary N) is 1. The minimum atomic E-state index is -1.13. The van der Waals surface area contributed by atoms with Gasteiger partial charge in [0.25, 0.3) is 5.91 Å². The molecule has 1 aromatic heterocycles. The average Bonchev–Trinajstić information content (AvgIpc) is 2.96. The van der Waals surface area contributed by atoms with Crippen molar-refractivity contribution in [1.82, 2.24) is 14.9 Å². The lowest BCUT2D eigenvalue weighted by Gasteiger charge is -2.25. The van der Waals surface area contributed by atoms with Crippen LogP contribution in [-0.4, -0.2) is 32.1 Å². The average molecular weight is 297 g/mol. The molecular formula is C13H19N3O3S. The van der Waals surface area contributed by atoms with Crippen molar-refractivity contribution in [3.63, 3.8) is 0 Å². The second-order valence-electron chi connectivity index (χ2n) is 6.25. The number of aromatic nitrogens is 2. The molecule has 1 amide bonds. The normalized spacial score (nSPS) is 17.9. The third-order valence-electron chi connectivity index (χ3n) is 3.62. The highest BCUT2D eigenvalue weighted by Crippen LogP contribution is 2.31. The van der Waals surface area contributed by atoms with Gasteiger partial charge in [0.2, 0.25) is 0 Å². The lowest BCUT2D eigenvalue weighted by atomic mass is 9.91. The molecular weight excluding hydrogens is 278 g/mol. The van der Waals surface area contributed by atoms with Crippen molar-refractivity contribution in [3.05, 3.63) is 10.6 Å². The molecule has 0 saturated heterocycles. The summed E-state index contributed by atoms with van der Waals surface area (Å²) in [5, 5.41) is 16.1. The van der Waals surface area contributed by atoms with E-state index in [-0.39, 0.29) is 11.3 Å². The molecule has 0 spiro atoms. The topological polar surface area (TPSA) is 92.2 Å². The van der Waals surface area contributed by atoms with Crippen molar-refractivity contribution in [2.45, 2.75) is 57.4 Å². The molecule has 0 atom stereocenters. The zero-order chi connectivity index (χ0) is 15.0. The molecule has 0 aliphatic heterocycles. The van der Waals surface area contributed by atoms with Crippen LogP contribution in [0.4, 0.5) is 0 Å². The molecule has 20 heavy (non-hydrogen) atoms. The maximum absolute atomic E-state index is 12.4. The van der Waals surface area contributed by atoms with Gasteiger partial charge in [-0.15, -0.1) is 5.10 Å². The number of amides is 1. The van der Waals surface area contributed by atoms with Crippen LogP contribution < -0.4 is 5.32 Å². The zero-order valence-electron chi connectivity index (χ0n) is 11.9. The predicted molar refractivity (Wildman–Crippen MR) is 74.9 cm³/mol. The predicted octanol–water partition coefficient (Wildman–Crippen LogP) is 1.96. The summed E-state index contributed by atoms with van der Waals surface area (Å²) in [6, 6.07) is 0. The van der Waals surface area contributed by atoms with Crippen LogP contribution in [0.25, 0.3) is 0 Å². The van der Waals surface area contributed by atoms with Crippen molar-refractivity contribution in [1.29, 1.82) is 0 Å². The van der Waals surface area contributed by atoms with E-state index in [1.807, 2.05) is 20.8 Å². The summed E-state index contributed by atoms with van der Waals surface area (Å²) < 4.78 is 3.84. The van der Waals surface area contributed by atoms with Crippen molar-refractivity contribution in [2.24, 2.45) is 0 Å². The van der Waals surface area contributed by atoms with Gasteiger partial charge in [0.05, 0.1) is 5.69 Å². The summed E-state index contributed by atoms with van der Waals surface area (Å²) in [5.41, 5.74) is -0.819. The maximum Gasteiger partial charge on any atom is 0.329 e. The van der Waals surface area contributed by atoms with E-state index < -0.39 is 11.5 Å². The number of carbonyl (C=O) groups is 2. The molecule has 0 unspecified atom stereocenters. The summed E-state index contributed by atoms with van der Waals surface area (Å²) in [5.74, 6) is -1.34. The van der Waals surface area contributed by atoms with E-state index in [1.54, 1.807) is 0 Å². The van der Waals surface area contributed by atoms with Crippen LogP contribution in [0.3, 0.4) is 0 Å². The second-order valence-corrected chi connectivity index (χ2v) is 7.00. The molecule has 2 rings (SSSR count). The van der Waals surface area contributed by atoms with E-state index >= 15 is 0 Å². The Bertz CT molecular complexity index is 527. The van der Waals surface area contributed by atoms with E-state index in [0.717, 1.165) is 24.4 Å². The Morgan fingerprint density at radius 2 is 1.90 bits per heavy atom. The SMILES string of the molecule is CC(C)(C)c1nnsc1C(=O)NC1(C(=O)O)CCCC1. The first kappa shape index (κ1) is 14.9. The van der Waals surface area contributed by atoms with Gasteiger partial charge in [-0.05, 0) is 24.4 Å². The van der Waals surface area contributed by atoms with Gasteiger partial charge >= 0.3 is 5.97 Å². The zero-order valence-corrected chi connectivity index (χ0v) is 12.7. The molecule has 2 N–H and O–H groups in total. The summed E-state index contributed by atoms with van der Waals surface area (Å²) in [7, 11) is 0. The lowest BCUT2D eigenvalue weighted by Crippen LogP contribution is -2.52.